The highest BCUT2D eigenvalue weighted by Crippen LogP contribution is 2.26. The van der Waals surface area contributed by atoms with Gasteiger partial charge in [-0.3, -0.25) is 4.79 Å². The third kappa shape index (κ3) is 3.46. The average Bonchev–Trinajstić information content (AvgIpc) is 2.61. The molecule has 0 atom stereocenters. The summed E-state index contributed by atoms with van der Waals surface area (Å²) >= 11 is 1.58. The quantitative estimate of drug-likeness (QED) is 0.468. The van der Waals surface area contributed by atoms with E-state index in [0.717, 1.165) is 21.6 Å². The highest BCUT2D eigenvalue weighted by Gasteiger charge is 2.12. The summed E-state index contributed by atoms with van der Waals surface area (Å²) in [4.78, 5) is 13.7. The molecular weight excluding hydrogens is 288 g/mol. The predicted octanol–water partition coefficient (Wildman–Crippen LogP) is 5.33. The van der Waals surface area contributed by atoms with E-state index in [1.807, 2.05) is 84.9 Å². The van der Waals surface area contributed by atoms with E-state index in [9.17, 15) is 4.79 Å². The minimum atomic E-state index is 0.160. The molecule has 108 valence electrons. The van der Waals surface area contributed by atoms with Gasteiger partial charge in [-0.25, -0.2) is 0 Å². The summed E-state index contributed by atoms with van der Waals surface area (Å²) in [6.07, 6.45) is 0. The lowest BCUT2D eigenvalue weighted by atomic mass is 9.98. The number of hydrogen-bond donors (Lipinski definition) is 0. The lowest BCUT2D eigenvalue weighted by molar-refractivity contribution is 0.102. The van der Waals surface area contributed by atoms with Crippen molar-refractivity contribution in [3.05, 3.63) is 90.5 Å². The second-order valence-electron chi connectivity index (χ2n) is 4.94. The zero-order valence-electron chi connectivity index (χ0n) is 12.1. The van der Waals surface area contributed by atoms with Crippen LogP contribution < -0.4 is 0 Å². The Labute approximate surface area is 135 Å². The van der Waals surface area contributed by atoms with Gasteiger partial charge >= 0.3 is 0 Å². The molecule has 0 spiro atoms. The second kappa shape index (κ2) is 7.10. The third-order valence-corrected chi connectivity index (χ3v) is 4.44. The molecular formula is C20H16OS. The summed E-state index contributed by atoms with van der Waals surface area (Å²) in [5.74, 6) is 0.613. The largest absolute Gasteiger partial charge is 0.293 e. The Hall–Kier alpha value is -2.32. The Bertz CT molecular complexity index is 751. The monoisotopic (exact) mass is 304 g/mol. The van der Waals surface area contributed by atoms with E-state index in [4.69, 9.17) is 0 Å². The number of Topliss-reactive ketones (excluding diaryl/α,β-unsaturated/α-hetero) is 1. The summed E-state index contributed by atoms with van der Waals surface area (Å²) in [5, 5.41) is 0. The Balaban J connectivity index is 1.81. The van der Waals surface area contributed by atoms with Crippen molar-refractivity contribution in [3.8, 4) is 11.1 Å². The van der Waals surface area contributed by atoms with Crippen LogP contribution in [0.1, 0.15) is 10.4 Å². The maximum Gasteiger partial charge on any atom is 0.173 e. The fourth-order valence-electron chi connectivity index (χ4n) is 2.34. The summed E-state index contributed by atoms with van der Waals surface area (Å²) in [5.41, 5.74) is 2.87. The zero-order chi connectivity index (χ0) is 15.2. The number of carbonyl (C=O) groups is 1. The number of ketones is 1. The first kappa shape index (κ1) is 14.6. The highest BCUT2D eigenvalue weighted by molar-refractivity contribution is 8.00. The van der Waals surface area contributed by atoms with Crippen LogP contribution in [0.2, 0.25) is 0 Å². The smallest absolute Gasteiger partial charge is 0.173 e. The van der Waals surface area contributed by atoms with Crippen molar-refractivity contribution in [2.45, 2.75) is 4.90 Å². The Morgan fingerprint density at radius 3 is 2.05 bits per heavy atom. The van der Waals surface area contributed by atoms with E-state index in [-0.39, 0.29) is 5.78 Å². The molecule has 2 heteroatoms. The van der Waals surface area contributed by atoms with Crippen LogP contribution in [0.15, 0.2) is 89.8 Å². The Morgan fingerprint density at radius 2 is 1.32 bits per heavy atom. The van der Waals surface area contributed by atoms with Gasteiger partial charge in [0.2, 0.25) is 0 Å². The fourth-order valence-corrected chi connectivity index (χ4v) is 3.14. The molecule has 0 aliphatic carbocycles. The number of hydrogen-bond acceptors (Lipinski definition) is 2. The van der Waals surface area contributed by atoms with Crippen molar-refractivity contribution in [1.82, 2.24) is 0 Å². The molecule has 3 aromatic rings. The summed E-state index contributed by atoms with van der Waals surface area (Å²) in [6.45, 7) is 0. The van der Waals surface area contributed by atoms with Crippen LogP contribution in [0.5, 0.6) is 0 Å². The minimum Gasteiger partial charge on any atom is -0.293 e. The molecule has 0 aliphatic heterocycles. The molecule has 3 rings (SSSR count). The standard InChI is InChI=1S/C20H16OS/c21-20(15-22-17-11-5-2-6-12-17)19-14-8-7-13-18(19)16-9-3-1-4-10-16/h1-14H,15H2. The maximum absolute atomic E-state index is 12.6. The van der Waals surface area contributed by atoms with Crippen molar-refractivity contribution in [2.75, 3.05) is 5.75 Å². The first-order valence-electron chi connectivity index (χ1n) is 7.20. The topological polar surface area (TPSA) is 17.1 Å². The zero-order valence-corrected chi connectivity index (χ0v) is 12.9. The van der Waals surface area contributed by atoms with Gasteiger partial charge in [-0.2, -0.15) is 0 Å². The molecule has 0 amide bonds. The number of thioether (sulfide) groups is 1. The fraction of sp³-hybridized carbons (Fsp3) is 0.0500. The Morgan fingerprint density at radius 1 is 0.727 bits per heavy atom. The van der Waals surface area contributed by atoms with Gasteiger partial charge in [0.05, 0.1) is 5.75 Å². The number of benzene rings is 3. The lowest BCUT2D eigenvalue weighted by Crippen LogP contribution is -2.04. The molecule has 1 nitrogen and oxygen atoms in total. The van der Waals surface area contributed by atoms with E-state index in [1.54, 1.807) is 11.8 Å². The van der Waals surface area contributed by atoms with Gasteiger partial charge in [-0.05, 0) is 23.3 Å². The minimum absolute atomic E-state index is 0.160. The molecule has 0 saturated carbocycles. The number of rotatable bonds is 5. The first-order valence-corrected chi connectivity index (χ1v) is 8.18. The normalized spacial score (nSPS) is 10.4. The van der Waals surface area contributed by atoms with Gasteiger partial charge in [0.25, 0.3) is 0 Å². The maximum atomic E-state index is 12.6. The van der Waals surface area contributed by atoms with Crippen LogP contribution in [-0.2, 0) is 0 Å². The van der Waals surface area contributed by atoms with Gasteiger partial charge in [-0.15, -0.1) is 11.8 Å². The molecule has 22 heavy (non-hydrogen) atoms. The van der Waals surface area contributed by atoms with Crippen LogP contribution in [0.25, 0.3) is 11.1 Å². The predicted molar refractivity (Wildman–Crippen MR) is 93.4 cm³/mol. The third-order valence-electron chi connectivity index (χ3n) is 3.43. The molecule has 0 heterocycles. The van der Waals surface area contributed by atoms with Crippen molar-refractivity contribution in [2.24, 2.45) is 0 Å². The van der Waals surface area contributed by atoms with Gasteiger partial charge in [0, 0.05) is 10.5 Å². The molecule has 0 fully saturated rings. The van der Waals surface area contributed by atoms with E-state index in [2.05, 4.69) is 0 Å². The summed E-state index contributed by atoms with van der Waals surface area (Å²) in [6, 6.07) is 27.9. The lowest BCUT2D eigenvalue weighted by Gasteiger charge is -2.09. The molecule has 3 aromatic carbocycles. The summed E-state index contributed by atoms with van der Waals surface area (Å²) < 4.78 is 0. The van der Waals surface area contributed by atoms with Crippen molar-refractivity contribution >= 4 is 17.5 Å². The first-order chi connectivity index (χ1) is 10.8. The van der Waals surface area contributed by atoms with Gasteiger partial charge < -0.3 is 0 Å². The molecule has 0 saturated heterocycles. The molecule has 0 bridgehead atoms. The number of carbonyl (C=O) groups excluding carboxylic acids is 1. The van der Waals surface area contributed by atoms with Crippen molar-refractivity contribution < 1.29 is 4.79 Å². The van der Waals surface area contributed by atoms with E-state index < -0.39 is 0 Å². The van der Waals surface area contributed by atoms with Crippen molar-refractivity contribution in [1.29, 1.82) is 0 Å². The Kier molecular flexibility index (Phi) is 4.71. The van der Waals surface area contributed by atoms with Crippen molar-refractivity contribution in [3.63, 3.8) is 0 Å². The van der Waals surface area contributed by atoms with Gasteiger partial charge in [0.1, 0.15) is 0 Å². The van der Waals surface area contributed by atoms with Gasteiger partial charge in [-0.1, -0.05) is 72.8 Å². The van der Waals surface area contributed by atoms with Crippen LogP contribution in [0, 0.1) is 0 Å². The highest BCUT2D eigenvalue weighted by atomic mass is 32.2. The summed E-state index contributed by atoms with van der Waals surface area (Å²) in [7, 11) is 0. The molecule has 0 aliphatic rings. The van der Waals surface area contributed by atoms with E-state index >= 15 is 0 Å². The van der Waals surface area contributed by atoms with Crippen LogP contribution in [-0.4, -0.2) is 11.5 Å². The average molecular weight is 304 g/mol. The van der Waals surface area contributed by atoms with Crippen LogP contribution in [0.4, 0.5) is 0 Å². The molecule has 0 unspecified atom stereocenters. The van der Waals surface area contributed by atoms with Gasteiger partial charge in [0.15, 0.2) is 5.78 Å². The molecule has 0 N–H and O–H groups in total. The molecule has 0 radical (unpaired) electrons. The SMILES string of the molecule is O=C(CSc1ccccc1)c1ccccc1-c1ccccc1. The molecule has 0 aromatic heterocycles. The van der Waals surface area contributed by atoms with Crippen LogP contribution in [0.3, 0.4) is 0 Å². The van der Waals surface area contributed by atoms with E-state index in [1.165, 1.54) is 0 Å². The van der Waals surface area contributed by atoms with E-state index in [0.29, 0.717) is 5.75 Å². The van der Waals surface area contributed by atoms with Crippen LogP contribution >= 0.6 is 11.8 Å². The second-order valence-corrected chi connectivity index (χ2v) is 5.99.